The first kappa shape index (κ1) is 41.6. The number of carbonyl (C=O) groups is 1. The molecule has 2 atom stereocenters. The fourth-order valence-corrected chi connectivity index (χ4v) is 5.43. The molecular weight excluding hydrogens is 530 g/mol. The number of hydrogen-bond acceptors (Lipinski definition) is 3. The average molecular weight is 604 g/mol. The van der Waals surface area contributed by atoms with E-state index in [4.69, 9.17) is 0 Å². The maximum atomic E-state index is 12.3. The fraction of sp³-hybridized carbons (Fsp3) is 0.821. The van der Waals surface area contributed by atoms with Crippen molar-refractivity contribution in [1.82, 2.24) is 5.32 Å². The molecule has 0 aliphatic heterocycles. The van der Waals surface area contributed by atoms with Gasteiger partial charge in [-0.3, -0.25) is 4.79 Å². The summed E-state index contributed by atoms with van der Waals surface area (Å²) in [6.45, 7) is 4.25. The Bertz CT molecular complexity index is 657. The Hall–Kier alpha value is -1.39. The Morgan fingerprint density at radius 1 is 0.558 bits per heavy atom. The number of unbranched alkanes of at least 4 members (excludes halogenated alkanes) is 22. The van der Waals surface area contributed by atoms with E-state index in [9.17, 15) is 15.0 Å². The van der Waals surface area contributed by atoms with Crippen LogP contribution in [0.25, 0.3) is 0 Å². The van der Waals surface area contributed by atoms with Crippen LogP contribution >= 0.6 is 0 Å². The Kier molecular flexibility index (Phi) is 34.0. The number of aliphatic hydroxyl groups excluding tert-OH is 2. The summed E-state index contributed by atoms with van der Waals surface area (Å²) in [6.07, 6.45) is 45.1. The van der Waals surface area contributed by atoms with Crippen LogP contribution in [0.4, 0.5) is 0 Å². The molecule has 43 heavy (non-hydrogen) atoms. The summed E-state index contributed by atoms with van der Waals surface area (Å²) in [5, 5.41) is 22.9. The lowest BCUT2D eigenvalue weighted by Crippen LogP contribution is -2.45. The van der Waals surface area contributed by atoms with Gasteiger partial charge in [0.2, 0.25) is 5.91 Å². The molecule has 0 aliphatic rings. The van der Waals surface area contributed by atoms with Crippen molar-refractivity contribution in [3.8, 4) is 0 Å². The van der Waals surface area contributed by atoms with Crippen molar-refractivity contribution < 1.29 is 15.0 Å². The molecule has 0 bridgehead atoms. The summed E-state index contributed by atoms with van der Waals surface area (Å²) in [5.74, 6) is -0.0798. The molecule has 252 valence electrons. The summed E-state index contributed by atoms with van der Waals surface area (Å²) >= 11 is 0. The van der Waals surface area contributed by atoms with Gasteiger partial charge in [-0.25, -0.2) is 0 Å². The van der Waals surface area contributed by atoms with Crippen LogP contribution in [0.15, 0.2) is 36.5 Å². The van der Waals surface area contributed by atoms with E-state index in [-0.39, 0.29) is 12.5 Å². The number of allylic oxidation sites excluding steroid dienone is 5. The molecular formula is C39H73NO3. The van der Waals surface area contributed by atoms with Gasteiger partial charge in [0.15, 0.2) is 0 Å². The number of amides is 1. The predicted octanol–water partition coefficient (Wildman–Crippen LogP) is 11.1. The standard InChI is InChI=1S/C39H73NO3/c1-3-5-7-9-11-13-15-17-19-20-21-22-24-26-28-30-32-34-38(42)37(36-41)40-39(43)35-33-31-29-27-25-23-18-16-14-12-10-8-6-4-2/h10,12,16,18,32,34,37-38,41-42H,3-9,11,13-15,17,19-31,33,35-36H2,1-2H3,(H,40,43)/b12-10-,18-16-,34-32+. The largest absolute Gasteiger partial charge is 0.394 e. The number of hydrogen-bond donors (Lipinski definition) is 3. The Morgan fingerprint density at radius 2 is 0.977 bits per heavy atom. The molecule has 0 fully saturated rings. The highest BCUT2D eigenvalue weighted by molar-refractivity contribution is 5.76. The number of nitrogens with one attached hydrogen (secondary N) is 1. The van der Waals surface area contributed by atoms with Gasteiger partial charge < -0.3 is 15.5 Å². The monoisotopic (exact) mass is 604 g/mol. The van der Waals surface area contributed by atoms with Crippen LogP contribution in [0, 0.1) is 0 Å². The van der Waals surface area contributed by atoms with E-state index in [2.05, 4.69) is 43.5 Å². The van der Waals surface area contributed by atoms with Crippen LogP contribution in [0.1, 0.15) is 187 Å². The van der Waals surface area contributed by atoms with Crippen LogP contribution < -0.4 is 5.32 Å². The molecule has 0 heterocycles. The molecule has 3 N–H and O–H groups in total. The summed E-state index contributed by atoms with van der Waals surface area (Å²) < 4.78 is 0. The average Bonchev–Trinajstić information content (AvgIpc) is 3.01. The van der Waals surface area contributed by atoms with Gasteiger partial charge in [0.1, 0.15) is 0 Å². The summed E-state index contributed by atoms with van der Waals surface area (Å²) in [4.78, 5) is 12.3. The van der Waals surface area contributed by atoms with Crippen molar-refractivity contribution in [2.75, 3.05) is 6.61 Å². The lowest BCUT2D eigenvalue weighted by molar-refractivity contribution is -0.123. The molecule has 4 nitrogen and oxygen atoms in total. The predicted molar refractivity (Wildman–Crippen MR) is 188 cm³/mol. The number of aliphatic hydroxyl groups is 2. The fourth-order valence-electron chi connectivity index (χ4n) is 5.43. The Balaban J connectivity index is 3.64. The second-order valence-electron chi connectivity index (χ2n) is 12.6. The van der Waals surface area contributed by atoms with Gasteiger partial charge in [0.25, 0.3) is 0 Å². The van der Waals surface area contributed by atoms with E-state index in [0.717, 1.165) is 44.9 Å². The molecule has 0 saturated carbocycles. The van der Waals surface area contributed by atoms with Crippen molar-refractivity contribution >= 4 is 5.91 Å². The molecule has 0 aromatic carbocycles. The molecule has 0 aromatic rings. The highest BCUT2D eigenvalue weighted by Crippen LogP contribution is 2.14. The van der Waals surface area contributed by atoms with Crippen molar-refractivity contribution in [3.05, 3.63) is 36.5 Å². The first-order valence-electron chi connectivity index (χ1n) is 18.7. The van der Waals surface area contributed by atoms with Gasteiger partial charge in [-0.1, -0.05) is 172 Å². The third-order valence-corrected chi connectivity index (χ3v) is 8.37. The zero-order valence-corrected chi connectivity index (χ0v) is 28.7. The second kappa shape index (κ2) is 35.1. The van der Waals surface area contributed by atoms with E-state index >= 15 is 0 Å². The Labute approximate surface area is 268 Å². The van der Waals surface area contributed by atoms with Crippen molar-refractivity contribution in [2.45, 2.75) is 199 Å². The van der Waals surface area contributed by atoms with Crippen LogP contribution in [-0.2, 0) is 4.79 Å². The molecule has 2 unspecified atom stereocenters. The van der Waals surface area contributed by atoms with Gasteiger partial charge >= 0.3 is 0 Å². The molecule has 0 spiro atoms. The highest BCUT2D eigenvalue weighted by atomic mass is 16.3. The molecule has 0 rings (SSSR count). The maximum absolute atomic E-state index is 12.3. The van der Waals surface area contributed by atoms with Crippen LogP contribution in [-0.4, -0.2) is 34.9 Å². The van der Waals surface area contributed by atoms with E-state index in [0.29, 0.717) is 6.42 Å². The van der Waals surface area contributed by atoms with Gasteiger partial charge in [0, 0.05) is 6.42 Å². The number of carbonyl (C=O) groups excluding carboxylic acids is 1. The minimum atomic E-state index is -0.842. The van der Waals surface area contributed by atoms with Gasteiger partial charge in [0.05, 0.1) is 18.8 Å². The topological polar surface area (TPSA) is 69.6 Å². The third kappa shape index (κ3) is 31.8. The third-order valence-electron chi connectivity index (χ3n) is 8.37. The SMILES string of the molecule is CCCC/C=C\C/C=C\CCCCCCCC(=O)NC(CO)C(O)/C=C/CCCCCCCCCCCCCCCCC. The van der Waals surface area contributed by atoms with Crippen molar-refractivity contribution in [1.29, 1.82) is 0 Å². The molecule has 0 aromatic heterocycles. The zero-order valence-electron chi connectivity index (χ0n) is 28.7. The molecule has 0 aliphatic carbocycles. The highest BCUT2D eigenvalue weighted by Gasteiger charge is 2.17. The van der Waals surface area contributed by atoms with Crippen molar-refractivity contribution in [3.63, 3.8) is 0 Å². The minimum absolute atomic E-state index is 0.0798. The van der Waals surface area contributed by atoms with E-state index in [1.165, 1.54) is 122 Å². The normalized spacial score (nSPS) is 13.5. The molecule has 4 heteroatoms. The van der Waals surface area contributed by atoms with E-state index in [1.807, 2.05) is 6.08 Å². The van der Waals surface area contributed by atoms with Crippen LogP contribution in [0.3, 0.4) is 0 Å². The lowest BCUT2D eigenvalue weighted by atomic mass is 10.0. The summed E-state index contributed by atoms with van der Waals surface area (Å²) in [7, 11) is 0. The first-order chi connectivity index (χ1) is 21.2. The van der Waals surface area contributed by atoms with E-state index < -0.39 is 12.1 Å². The van der Waals surface area contributed by atoms with Crippen LogP contribution in [0.5, 0.6) is 0 Å². The second-order valence-corrected chi connectivity index (χ2v) is 12.6. The van der Waals surface area contributed by atoms with Gasteiger partial charge in [-0.05, 0) is 44.9 Å². The van der Waals surface area contributed by atoms with Gasteiger partial charge in [-0.15, -0.1) is 0 Å². The van der Waals surface area contributed by atoms with E-state index in [1.54, 1.807) is 6.08 Å². The molecule has 0 radical (unpaired) electrons. The van der Waals surface area contributed by atoms with Crippen LogP contribution in [0.2, 0.25) is 0 Å². The van der Waals surface area contributed by atoms with Gasteiger partial charge in [-0.2, -0.15) is 0 Å². The zero-order chi connectivity index (χ0) is 31.5. The first-order valence-corrected chi connectivity index (χ1v) is 18.7. The minimum Gasteiger partial charge on any atom is -0.394 e. The number of rotatable bonds is 33. The summed E-state index contributed by atoms with van der Waals surface area (Å²) in [5.41, 5.74) is 0. The quantitative estimate of drug-likeness (QED) is 0.0516. The molecule has 0 saturated heterocycles. The van der Waals surface area contributed by atoms with Crippen molar-refractivity contribution in [2.24, 2.45) is 0 Å². The smallest absolute Gasteiger partial charge is 0.220 e. The molecule has 1 amide bonds. The summed E-state index contributed by atoms with van der Waals surface area (Å²) in [6, 6.07) is -0.627. The Morgan fingerprint density at radius 3 is 1.47 bits per heavy atom. The lowest BCUT2D eigenvalue weighted by Gasteiger charge is -2.20. The maximum Gasteiger partial charge on any atom is 0.220 e.